The molecule has 4 nitrogen and oxygen atoms in total. The van der Waals surface area contributed by atoms with Crippen molar-refractivity contribution in [3.8, 4) is 0 Å². The van der Waals surface area contributed by atoms with Crippen molar-refractivity contribution >= 4 is 0 Å². The van der Waals surface area contributed by atoms with Crippen molar-refractivity contribution in [3.05, 3.63) is 29.6 Å². The molecule has 2 aliphatic heterocycles. The molecule has 2 aliphatic rings. The number of nitrogens with two attached hydrogens (primary N) is 1. The fourth-order valence-electron chi connectivity index (χ4n) is 3.44. The van der Waals surface area contributed by atoms with E-state index in [9.17, 15) is 0 Å². The zero-order chi connectivity index (χ0) is 13.2. The van der Waals surface area contributed by atoms with Gasteiger partial charge >= 0.3 is 0 Å². The van der Waals surface area contributed by atoms with E-state index in [1.165, 1.54) is 18.4 Å². The standard InChI is InChI=1S/C15H23N3O/c1-2-10-3-4-11(17-9-10)7-14(18-16)13-8-12-5-6-15(13)19-12/h3-4,9,12-15,18H,2,5-8,16H2,1H3. The number of aryl methyl sites for hydroxylation is 1. The van der Waals surface area contributed by atoms with E-state index in [0.29, 0.717) is 18.1 Å². The van der Waals surface area contributed by atoms with Crippen LogP contribution in [0.25, 0.3) is 0 Å². The lowest BCUT2D eigenvalue weighted by molar-refractivity contribution is 0.0856. The summed E-state index contributed by atoms with van der Waals surface area (Å²) in [6, 6.07) is 4.56. The third-order valence-corrected chi connectivity index (χ3v) is 4.61. The minimum atomic E-state index is 0.273. The SMILES string of the molecule is CCc1ccc(CC(NN)C2CC3CCC2O3)nc1. The average Bonchev–Trinajstić information content (AvgIpc) is 3.08. The largest absolute Gasteiger partial charge is 0.375 e. The van der Waals surface area contributed by atoms with Gasteiger partial charge in [-0.05, 0) is 37.3 Å². The van der Waals surface area contributed by atoms with Gasteiger partial charge in [-0.2, -0.15) is 0 Å². The summed E-state index contributed by atoms with van der Waals surface area (Å²) in [5, 5.41) is 0. The summed E-state index contributed by atoms with van der Waals surface area (Å²) >= 11 is 0. The Balaban J connectivity index is 1.65. The summed E-state index contributed by atoms with van der Waals surface area (Å²) in [6.45, 7) is 2.15. The molecular formula is C15H23N3O. The van der Waals surface area contributed by atoms with Crippen molar-refractivity contribution in [2.75, 3.05) is 0 Å². The number of nitrogens with zero attached hydrogens (tertiary/aromatic N) is 1. The number of hydrogen-bond donors (Lipinski definition) is 2. The van der Waals surface area contributed by atoms with E-state index in [4.69, 9.17) is 10.6 Å². The van der Waals surface area contributed by atoms with E-state index >= 15 is 0 Å². The number of fused-ring (bicyclic) bond motifs is 2. The van der Waals surface area contributed by atoms with Crippen LogP contribution < -0.4 is 11.3 Å². The van der Waals surface area contributed by atoms with Crippen LogP contribution in [-0.2, 0) is 17.6 Å². The Labute approximate surface area is 114 Å². The van der Waals surface area contributed by atoms with Gasteiger partial charge in [-0.25, -0.2) is 0 Å². The number of hydrazine groups is 1. The first-order valence-corrected chi connectivity index (χ1v) is 7.35. The van der Waals surface area contributed by atoms with E-state index in [2.05, 4.69) is 29.5 Å². The highest BCUT2D eigenvalue weighted by Gasteiger charge is 2.44. The van der Waals surface area contributed by atoms with Gasteiger partial charge in [-0.3, -0.25) is 16.3 Å². The molecule has 19 heavy (non-hydrogen) atoms. The Morgan fingerprint density at radius 3 is 2.89 bits per heavy atom. The summed E-state index contributed by atoms with van der Waals surface area (Å²) in [5.74, 6) is 6.29. The Morgan fingerprint density at radius 2 is 2.37 bits per heavy atom. The molecule has 0 spiro atoms. The van der Waals surface area contributed by atoms with Crippen LogP contribution in [0.2, 0.25) is 0 Å². The lowest BCUT2D eigenvalue weighted by Crippen LogP contribution is -2.45. The van der Waals surface area contributed by atoms with Crippen molar-refractivity contribution in [1.82, 2.24) is 10.4 Å². The van der Waals surface area contributed by atoms with E-state index in [-0.39, 0.29) is 6.04 Å². The Bertz CT molecular complexity index is 420. The molecule has 4 unspecified atom stereocenters. The van der Waals surface area contributed by atoms with Gasteiger partial charge in [0.25, 0.3) is 0 Å². The molecule has 0 aliphatic carbocycles. The van der Waals surface area contributed by atoms with Gasteiger partial charge in [0.15, 0.2) is 0 Å². The first-order valence-electron chi connectivity index (χ1n) is 7.35. The molecule has 3 heterocycles. The van der Waals surface area contributed by atoms with E-state index in [0.717, 1.165) is 25.0 Å². The van der Waals surface area contributed by atoms with Gasteiger partial charge in [0.2, 0.25) is 0 Å². The van der Waals surface area contributed by atoms with Gasteiger partial charge in [-0.1, -0.05) is 13.0 Å². The lowest BCUT2D eigenvalue weighted by Gasteiger charge is -2.27. The van der Waals surface area contributed by atoms with Crippen molar-refractivity contribution in [3.63, 3.8) is 0 Å². The van der Waals surface area contributed by atoms with Gasteiger partial charge in [-0.15, -0.1) is 0 Å². The first kappa shape index (κ1) is 13.0. The van der Waals surface area contributed by atoms with E-state index in [1.807, 2.05) is 6.20 Å². The van der Waals surface area contributed by atoms with Crippen molar-refractivity contribution in [2.45, 2.75) is 57.3 Å². The molecule has 0 aromatic carbocycles. The Kier molecular flexibility index (Phi) is 3.82. The topological polar surface area (TPSA) is 60.2 Å². The number of rotatable bonds is 5. The van der Waals surface area contributed by atoms with E-state index in [1.54, 1.807) is 0 Å². The fourth-order valence-corrected chi connectivity index (χ4v) is 3.44. The van der Waals surface area contributed by atoms with Crippen LogP contribution in [0.3, 0.4) is 0 Å². The van der Waals surface area contributed by atoms with Crippen molar-refractivity contribution in [2.24, 2.45) is 11.8 Å². The zero-order valence-corrected chi connectivity index (χ0v) is 11.5. The minimum Gasteiger partial charge on any atom is -0.375 e. The first-order chi connectivity index (χ1) is 9.30. The summed E-state index contributed by atoms with van der Waals surface area (Å²) in [6.07, 6.45) is 8.33. The van der Waals surface area contributed by atoms with Crippen LogP contribution in [0, 0.1) is 5.92 Å². The third kappa shape index (κ3) is 2.66. The van der Waals surface area contributed by atoms with Crippen molar-refractivity contribution < 1.29 is 4.74 Å². The molecule has 1 aromatic rings. The fraction of sp³-hybridized carbons (Fsp3) is 0.667. The summed E-state index contributed by atoms with van der Waals surface area (Å²) in [4.78, 5) is 4.53. The lowest BCUT2D eigenvalue weighted by atomic mass is 9.82. The molecule has 3 N–H and O–H groups in total. The number of hydrogen-bond acceptors (Lipinski definition) is 4. The van der Waals surface area contributed by atoms with Crippen LogP contribution in [0.1, 0.15) is 37.4 Å². The minimum absolute atomic E-state index is 0.273. The summed E-state index contributed by atoms with van der Waals surface area (Å²) in [7, 11) is 0. The van der Waals surface area contributed by atoms with Crippen LogP contribution in [-0.4, -0.2) is 23.2 Å². The monoisotopic (exact) mass is 261 g/mol. The maximum atomic E-state index is 5.93. The smallest absolute Gasteiger partial charge is 0.0624 e. The molecule has 4 atom stereocenters. The number of pyridine rings is 1. The molecule has 104 valence electrons. The molecule has 0 amide bonds. The van der Waals surface area contributed by atoms with Gasteiger partial charge < -0.3 is 4.74 Å². The van der Waals surface area contributed by atoms with Gasteiger partial charge in [0.1, 0.15) is 0 Å². The maximum Gasteiger partial charge on any atom is 0.0624 e. The van der Waals surface area contributed by atoms with Gasteiger partial charge in [0, 0.05) is 30.3 Å². The van der Waals surface area contributed by atoms with Crippen LogP contribution in [0.5, 0.6) is 0 Å². The highest BCUT2D eigenvalue weighted by Crippen LogP contribution is 2.40. The second kappa shape index (κ2) is 5.57. The molecule has 2 saturated heterocycles. The molecule has 1 aromatic heterocycles. The molecule has 2 fully saturated rings. The van der Waals surface area contributed by atoms with Crippen LogP contribution in [0.15, 0.2) is 18.3 Å². The quantitative estimate of drug-likeness (QED) is 0.624. The number of ether oxygens (including phenoxy) is 1. The second-order valence-corrected chi connectivity index (χ2v) is 5.76. The molecular weight excluding hydrogens is 238 g/mol. The molecule has 0 saturated carbocycles. The normalized spacial score (nSPS) is 30.7. The predicted molar refractivity (Wildman–Crippen MR) is 74.4 cm³/mol. The number of aromatic nitrogens is 1. The third-order valence-electron chi connectivity index (χ3n) is 4.61. The highest BCUT2D eigenvalue weighted by atomic mass is 16.5. The highest BCUT2D eigenvalue weighted by molar-refractivity contribution is 5.15. The summed E-state index contributed by atoms with van der Waals surface area (Å²) in [5.41, 5.74) is 5.38. The van der Waals surface area contributed by atoms with Crippen LogP contribution in [0.4, 0.5) is 0 Å². The van der Waals surface area contributed by atoms with Crippen molar-refractivity contribution in [1.29, 1.82) is 0 Å². The Hall–Kier alpha value is -0.970. The number of nitrogens with one attached hydrogen (secondary N) is 1. The maximum absolute atomic E-state index is 5.93. The molecule has 0 radical (unpaired) electrons. The molecule has 2 bridgehead atoms. The molecule has 3 rings (SSSR count). The zero-order valence-electron chi connectivity index (χ0n) is 11.5. The average molecular weight is 261 g/mol. The second-order valence-electron chi connectivity index (χ2n) is 5.76. The van der Waals surface area contributed by atoms with E-state index < -0.39 is 0 Å². The predicted octanol–water partition coefficient (Wildman–Crippen LogP) is 1.59. The van der Waals surface area contributed by atoms with Crippen LogP contribution >= 0.6 is 0 Å². The Morgan fingerprint density at radius 1 is 1.47 bits per heavy atom. The summed E-state index contributed by atoms with van der Waals surface area (Å²) < 4.78 is 5.93. The van der Waals surface area contributed by atoms with Gasteiger partial charge in [0.05, 0.1) is 12.2 Å². The molecule has 4 heteroatoms.